The molecule has 1 unspecified atom stereocenters. The van der Waals surface area contributed by atoms with Crippen molar-refractivity contribution in [2.45, 2.75) is 39.7 Å². The van der Waals surface area contributed by atoms with Crippen LogP contribution in [0.2, 0.25) is 0 Å². The Balaban J connectivity index is 2.02. The van der Waals surface area contributed by atoms with Gasteiger partial charge in [0.15, 0.2) is 0 Å². The maximum Gasteiger partial charge on any atom is 0.0673 e. The standard InChI is InChI=1S/C13H28N2O/c1-12(2)10-14-6-4-7-15-8-5-9-16-13(3)11-15/h12-14H,4-11H2,1-3H3. The summed E-state index contributed by atoms with van der Waals surface area (Å²) in [6.45, 7) is 13.4. The zero-order valence-corrected chi connectivity index (χ0v) is 11.2. The molecule has 16 heavy (non-hydrogen) atoms. The Bertz CT molecular complexity index is 173. The Morgan fingerprint density at radius 1 is 1.44 bits per heavy atom. The number of hydrogen-bond donors (Lipinski definition) is 1. The highest BCUT2D eigenvalue weighted by Gasteiger charge is 2.13. The largest absolute Gasteiger partial charge is 0.377 e. The van der Waals surface area contributed by atoms with Crippen molar-refractivity contribution in [1.29, 1.82) is 0 Å². The molecule has 0 saturated carbocycles. The third-order valence-corrected chi connectivity index (χ3v) is 2.92. The van der Waals surface area contributed by atoms with Crippen LogP contribution in [0.4, 0.5) is 0 Å². The van der Waals surface area contributed by atoms with E-state index in [9.17, 15) is 0 Å². The molecule has 1 atom stereocenters. The molecule has 0 bridgehead atoms. The van der Waals surface area contributed by atoms with Crippen LogP contribution in [0.1, 0.15) is 33.6 Å². The van der Waals surface area contributed by atoms with Gasteiger partial charge in [-0.3, -0.25) is 0 Å². The highest BCUT2D eigenvalue weighted by atomic mass is 16.5. The first kappa shape index (κ1) is 13.9. The lowest BCUT2D eigenvalue weighted by Gasteiger charge is -2.21. The van der Waals surface area contributed by atoms with Gasteiger partial charge >= 0.3 is 0 Å². The quantitative estimate of drug-likeness (QED) is 0.701. The molecule has 1 rings (SSSR count). The summed E-state index contributed by atoms with van der Waals surface area (Å²) in [5.74, 6) is 0.756. The Hall–Kier alpha value is -0.120. The highest BCUT2D eigenvalue weighted by molar-refractivity contribution is 4.67. The number of nitrogens with zero attached hydrogens (tertiary/aromatic N) is 1. The predicted octanol–water partition coefficient (Wildman–Crippen LogP) is 1.73. The molecular weight excluding hydrogens is 200 g/mol. The summed E-state index contributed by atoms with van der Waals surface area (Å²) in [6, 6.07) is 0. The maximum atomic E-state index is 5.63. The van der Waals surface area contributed by atoms with Gasteiger partial charge in [0.2, 0.25) is 0 Å². The van der Waals surface area contributed by atoms with Crippen LogP contribution >= 0.6 is 0 Å². The van der Waals surface area contributed by atoms with Gasteiger partial charge in [-0.1, -0.05) is 13.8 Å². The summed E-state index contributed by atoms with van der Waals surface area (Å²) in [5, 5.41) is 3.49. The van der Waals surface area contributed by atoms with Crippen LogP contribution in [0, 0.1) is 5.92 Å². The van der Waals surface area contributed by atoms with Crippen LogP contribution in [-0.2, 0) is 4.74 Å². The Morgan fingerprint density at radius 3 is 3.00 bits per heavy atom. The van der Waals surface area contributed by atoms with E-state index in [1.54, 1.807) is 0 Å². The minimum absolute atomic E-state index is 0.408. The topological polar surface area (TPSA) is 24.5 Å². The molecule has 1 N–H and O–H groups in total. The van der Waals surface area contributed by atoms with E-state index in [-0.39, 0.29) is 0 Å². The first-order valence-corrected chi connectivity index (χ1v) is 6.73. The van der Waals surface area contributed by atoms with Gasteiger partial charge in [0.05, 0.1) is 6.10 Å². The van der Waals surface area contributed by atoms with Crippen LogP contribution < -0.4 is 5.32 Å². The molecule has 1 heterocycles. The van der Waals surface area contributed by atoms with Gasteiger partial charge in [0.25, 0.3) is 0 Å². The molecular formula is C13H28N2O. The molecule has 96 valence electrons. The maximum absolute atomic E-state index is 5.63. The fraction of sp³-hybridized carbons (Fsp3) is 1.00. The van der Waals surface area contributed by atoms with E-state index < -0.39 is 0 Å². The van der Waals surface area contributed by atoms with Gasteiger partial charge in [-0.25, -0.2) is 0 Å². The molecule has 3 heteroatoms. The summed E-state index contributed by atoms with van der Waals surface area (Å²) < 4.78 is 5.63. The summed E-state index contributed by atoms with van der Waals surface area (Å²) in [5.41, 5.74) is 0. The zero-order chi connectivity index (χ0) is 11.8. The lowest BCUT2D eigenvalue weighted by atomic mass is 10.2. The van der Waals surface area contributed by atoms with Gasteiger partial charge in [-0.15, -0.1) is 0 Å². The smallest absolute Gasteiger partial charge is 0.0673 e. The number of rotatable bonds is 6. The second-order valence-electron chi connectivity index (χ2n) is 5.29. The fourth-order valence-electron chi connectivity index (χ4n) is 2.10. The molecule has 0 aromatic heterocycles. The van der Waals surface area contributed by atoms with E-state index in [0.29, 0.717) is 6.10 Å². The van der Waals surface area contributed by atoms with Crippen LogP contribution in [-0.4, -0.2) is 50.3 Å². The summed E-state index contributed by atoms with van der Waals surface area (Å²) in [4.78, 5) is 2.54. The minimum Gasteiger partial charge on any atom is -0.377 e. The third kappa shape index (κ3) is 6.46. The van der Waals surface area contributed by atoms with Crippen molar-refractivity contribution in [2.24, 2.45) is 5.92 Å². The summed E-state index contributed by atoms with van der Waals surface area (Å²) in [6.07, 6.45) is 2.84. The molecule has 1 saturated heterocycles. The lowest BCUT2D eigenvalue weighted by molar-refractivity contribution is 0.0676. The molecule has 3 nitrogen and oxygen atoms in total. The van der Waals surface area contributed by atoms with Crippen LogP contribution in [0.5, 0.6) is 0 Å². The van der Waals surface area contributed by atoms with E-state index >= 15 is 0 Å². The molecule has 0 radical (unpaired) electrons. The molecule has 1 aliphatic rings. The highest BCUT2D eigenvalue weighted by Crippen LogP contribution is 2.05. The zero-order valence-electron chi connectivity index (χ0n) is 11.2. The van der Waals surface area contributed by atoms with E-state index in [1.807, 2.05) is 0 Å². The average Bonchev–Trinajstić information content (AvgIpc) is 2.42. The molecule has 0 amide bonds. The van der Waals surface area contributed by atoms with Gasteiger partial charge in [0, 0.05) is 19.7 Å². The first-order chi connectivity index (χ1) is 7.68. The molecule has 0 aliphatic carbocycles. The van der Waals surface area contributed by atoms with Crippen LogP contribution in [0.25, 0.3) is 0 Å². The van der Waals surface area contributed by atoms with Crippen LogP contribution in [0.3, 0.4) is 0 Å². The first-order valence-electron chi connectivity index (χ1n) is 6.73. The van der Waals surface area contributed by atoms with E-state index in [0.717, 1.165) is 32.2 Å². The Morgan fingerprint density at radius 2 is 2.25 bits per heavy atom. The monoisotopic (exact) mass is 228 g/mol. The van der Waals surface area contributed by atoms with Crippen molar-refractivity contribution >= 4 is 0 Å². The fourth-order valence-corrected chi connectivity index (χ4v) is 2.10. The van der Waals surface area contributed by atoms with E-state index in [4.69, 9.17) is 4.74 Å². The van der Waals surface area contributed by atoms with Crippen molar-refractivity contribution in [1.82, 2.24) is 10.2 Å². The van der Waals surface area contributed by atoms with Crippen molar-refractivity contribution in [3.63, 3.8) is 0 Å². The lowest BCUT2D eigenvalue weighted by Crippen LogP contribution is -2.33. The Kier molecular flexibility index (Phi) is 7.01. The average molecular weight is 228 g/mol. The van der Waals surface area contributed by atoms with Gasteiger partial charge in [0.1, 0.15) is 0 Å². The second kappa shape index (κ2) is 8.04. The van der Waals surface area contributed by atoms with Crippen molar-refractivity contribution in [2.75, 3.05) is 39.3 Å². The second-order valence-corrected chi connectivity index (χ2v) is 5.29. The normalized spacial score (nSPS) is 23.6. The molecule has 0 spiro atoms. The molecule has 0 aromatic rings. The van der Waals surface area contributed by atoms with E-state index in [1.165, 1.54) is 25.9 Å². The SMILES string of the molecule is CC(C)CNCCCN1CCCOC(C)C1. The summed E-state index contributed by atoms with van der Waals surface area (Å²) >= 11 is 0. The number of ether oxygens (including phenoxy) is 1. The van der Waals surface area contributed by atoms with E-state index in [2.05, 4.69) is 31.0 Å². The summed E-state index contributed by atoms with van der Waals surface area (Å²) in [7, 11) is 0. The number of hydrogen-bond acceptors (Lipinski definition) is 3. The van der Waals surface area contributed by atoms with Crippen molar-refractivity contribution in [3.8, 4) is 0 Å². The molecule has 1 fully saturated rings. The van der Waals surface area contributed by atoms with Gasteiger partial charge in [-0.05, 0) is 45.3 Å². The minimum atomic E-state index is 0.408. The molecule has 0 aromatic carbocycles. The van der Waals surface area contributed by atoms with Crippen molar-refractivity contribution < 1.29 is 4.74 Å². The predicted molar refractivity (Wildman–Crippen MR) is 68.8 cm³/mol. The third-order valence-electron chi connectivity index (χ3n) is 2.92. The van der Waals surface area contributed by atoms with Crippen molar-refractivity contribution in [3.05, 3.63) is 0 Å². The van der Waals surface area contributed by atoms with Gasteiger partial charge < -0.3 is 15.0 Å². The van der Waals surface area contributed by atoms with Gasteiger partial charge in [-0.2, -0.15) is 0 Å². The number of nitrogens with one attached hydrogen (secondary N) is 1. The Labute approximate surface area is 101 Å². The van der Waals surface area contributed by atoms with Crippen LogP contribution in [0.15, 0.2) is 0 Å². The molecule has 1 aliphatic heterocycles.